The number of aryl methyl sites for hydroxylation is 1. The largest absolute Gasteiger partial charge is 0.416 e. The quantitative estimate of drug-likeness (QED) is 0.597. The van der Waals surface area contributed by atoms with Gasteiger partial charge in [-0.3, -0.25) is 0 Å². The molecule has 0 saturated heterocycles. The van der Waals surface area contributed by atoms with Gasteiger partial charge in [0.15, 0.2) is 0 Å². The molecule has 1 nitrogen and oxygen atoms in total. The zero-order valence-corrected chi connectivity index (χ0v) is 10.8. The molecule has 0 N–H and O–H groups in total. The first-order chi connectivity index (χ1) is 9.47. The minimum Gasteiger partial charge on any atom is -0.350 e. The maximum Gasteiger partial charge on any atom is 0.416 e. The van der Waals surface area contributed by atoms with Gasteiger partial charge >= 0.3 is 6.18 Å². The molecule has 4 heteroatoms. The summed E-state index contributed by atoms with van der Waals surface area (Å²) in [5.41, 5.74) is 2.16. The Morgan fingerprint density at radius 3 is 2.20 bits per heavy atom. The van der Waals surface area contributed by atoms with Crippen molar-refractivity contribution in [3.05, 3.63) is 60.3 Å². The number of hydrogen-bond donors (Lipinski definition) is 0. The van der Waals surface area contributed by atoms with Crippen molar-refractivity contribution in [2.24, 2.45) is 7.05 Å². The standard InChI is InChI=1S/C16H12F3N/c1-20-10-14(13-4-2-3-5-15(13)20)11-6-8-12(9-7-11)16(17,18)19/h2-10H,1H3. The molecule has 0 fully saturated rings. The van der Waals surface area contributed by atoms with E-state index in [0.717, 1.165) is 34.2 Å². The van der Waals surface area contributed by atoms with E-state index in [1.807, 2.05) is 42.1 Å². The molecule has 102 valence electrons. The number of fused-ring (bicyclic) bond motifs is 1. The van der Waals surface area contributed by atoms with Crippen molar-refractivity contribution in [1.29, 1.82) is 0 Å². The third-order valence-corrected chi connectivity index (χ3v) is 3.42. The topological polar surface area (TPSA) is 4.93 Å². The van der Waals surface area contributed by atoms with Gasteiger partial charge in [-0.25, -0.2) is 0 Å². The molecule has 1 heterocycles. The average Bonchev–Trinajstić information content (AvgIpc) is 2.76. The first-order valence-corrected chi connectivity index (χ1v) is 6.18. The summed E-state index contributed by atoms with van der Waals surface area (Å²) in [4.78, 5) is 0. The van der Waals surface area contributed by atoms with Crippen LogP contribution in [0.2, 0.25) is 0 Å². The van der Waals surface area contributed by atoms with Gasteiger partial charge in [0.1, 0.15) is 0 Å². The van der Waals surface area contributed by atoms with Crippen LogP contribution in [-0.4, -0.2) is 4.57 Å². The molecule has 3 rings (SSSR count). The van der Waals surface area contributed by atoms with Crippen LogP contribution in [0.1, 0.15) is 5.56 Å². The molecule has 3 aromatic rings. The Balaban J connectivity index is 2.12. The van der Waals surface area contributed by atoms with Crippen molar-refractivity contribution in [3.63, 3.8) is 0 Å². The molecule has 0 aliphatic heterocycles. The summed E-state index contributed by atoms with van der Waals surface area (Å²) in [6, 6.07) is 13.1. The molecule has 20 heavy (non-hydrogen) atoms. The van der Waals surface area contributed by atoms with E-state index in [0.29, 0.717) is 0 Å². The summed E-state index contributed by atoms with van der Waals surface area (Å²) in [5.74, 6) is 0. The van der Waals surface area contributed by atoms with Gasteiger partial charge in [-0.15, -0.1) is 0 Å². The van der Waals surface area contributed by atoms with Gasteiger partial charge in [-0.1, -0.05) is 30.3 Å². The van der Waals surface area contributed by atoms with Crippen LogP contribution >= 0.6 is 0 Å². The summed E-state index contributed by atoms with van der Waals surface area (Å²) < 4.78 is 39.7. The van der Waals surface area contributed by atoms with Crippen LogP contribution in [0.3, 0.4) is 0 Å². The Labute approximate surface area is 114 Å². The van der Waals surface area contributed by atoms with Crippen LogP contribution in [0.15, 0.2) is 54.7 Å². The average molecular weight is 275 g/mol. The fourth-order valence-electron chi connectivity index (χ4n) is 2.41. The first kappa shape index (κ1) is 12.8. The van der Waals surface area contributed by atoms with Crippen molar-refractivity contribution in [2.75, 3.05) is 0 Å². The minimum atomic E-state index is -4.29. The second-order valence-electron chi connectivity index (χ2n) is 4.75. The van der Waals surface area contributed by atoms with E-state index in [1.165, 1.54) is 12.1 Å². The third kappa shape index (κ3) is 2.07. The van der Waals surface area contributed by atoms with E-state index >= 15 is 0 Å². The van der Waals surface area contributed by atoms with Crippen LogP contribution < -0.4 is 0 Å². The lowest BCUT2D eigenvalue weighted by Crippen LogP contribution is -2.03. The Morgan fingerprint density at radius 2 is 1.55 bits per heavy atom. The van der Waals surface area contributed by atoms with E-state index in [9.17, 15) is 13.2 Å². The number of benzene rings is 2. The second-order valence-corrected chi connectivity index (χ2v) is 4.75. The van der Waals surface area contributed by atoms with E-state index in [2.05, 4.69) is 0 Å². The Morgan fingerprint density at radius 1 is 0.900 bits per heavy atom. The molecular formula is C16H12F3N. The van der Waals surface area contributed by atoms with Gasteiger partial charge in [0.05, 0.1) is 5.56 Å². The normalized spacial score (nSPS) is 12.0. The van der Waals surface area contributed by atoms with Crippen LogP contribution in [-0.2, 0) is 13.2 Å². The van der Waals surface area contributed by atoms with Gasteiger partial charge in [-0.2, -0.15) is 13.2 Å². The van der Waals surface area contributed by atoms with Gasteiger partial charge < -0.3 is 4.57 Å². The summed E-state index contributed by atoms with van der Waals surface area (Å²) in [5, 5.41) is 1.04. The predicted molar refractivity (Wildman–Crippen MR) is 73.4 cm³/mol. The zero-order valence-electron chi connectivity index (χ0n) is 10.8. The molecule has 0 saturated carbocycles. The fraction of sp³-hybridized carbons (Fsp3) is 0.125. The molecule has 1 aromatic heterocycles. The van der Waals surface area contributed by atoms with Crippen molar-refractivity contribution >= 4 is 10.9 Å². The number of rotatable bonds is 1. The monoisotopic (exact) mass is 275 g/mol. The van der Waals surface area contributed by atoms with E-state index in [-0.39, 0.29) is 0 Å². The molecule has 0 amide bonds. The summed E-state index contributed by atoms with van der Waals surface area (Å²) in [6.45, 7) is 0. The molecule has 0 bridgehead atoms. The van der Waals surface area contributed by atoms with E-state index < -0.39 is 11.7 Å². The van der Waals surface area contributed by atoms with Crippen LogP contribution in [0.25, 0.3) is 22.0 Å². The maximum atomic E-state index is 12.6. The van der Waals surface area contributed by atoms with Crippen molar-refractivity contribution in [2.45, 2.75) is 6.18 Å². The van der Waals surface area contributed by atoms with Gasteiger partial charge in [-0.05, 0) is 23.8 Å². The Kier molecular flexibility index (Phi) is 2.82. The number of alkyl halides is 3. The van der Waals surface area contributed by atoms with E-state index in [4.69, 9.17) is 0 Å². The predicted octanol–water partition coefficient (Wildman–Crippen LogP) is 4.86. The van der Waals surface area contributed by atoms with Crippen LogP contribution in [0, 0.1) is 0 Å². The number of aromatic nitrogens is 1. The smallest absolute Gasteiger partial charge is 0.350 e. The molecule has 0 aliphatic rings. The highest BCUT2D eigenvalue weighted by Gasteiger charge is 2.30. The molecule has 0 radical (unpaired) electrons. The lowest BCUT2D eigenvalue weighted by Gasteiger charge is -2.07. The van der Waals surface area contributed by atoms with Crippen molar-refractivity contribution in [3.8, 4) is 11.1 Å². The van der Waals surface area contributed by atoms with Crippen LogP contribution in [0.4, 0.5) is 13.2 Å². The van der Waals surface area contributed by atoms with Gasteiger partial charge in [0.25, 0.3) is 0 Å². The SMILES string of the molecule is Cn1cc(-c2ccc(C(F)(F)F)cc2)c2ccccc21. The molecule has 2 aromatic carbocycles. The minimum absolute atomic E-state index is 0.624. The van der Waals surface area contributed by atoms with Crippen LogP contribution in [0.5, 0.6) is 0 Å². The number of hydrogen-bond acceptors (Lipinski definition) is 0. The third-order valence-electron chi connectivity index (χ3n) is 3.42. The lowest BCUT2D eigenvalue weighted by atomic mass is 10.0. The summed E-state index contributed by atoms with van der Waals surface area (Å²) in [7, 11) is 1.93. The summed E-state index contributed by atoms with van der Waals surface area (Å²) >= 11 is 0. The fourth-order valence-corrected chi connectivity index (χ4v) is 2.41. The molecule has 0 unspecified atom stereocenters. The molecule has 0 atom stereocenters. The number of halogens is 3. The molecule has 0 spiro atoms. The second kappa shape index (κ2) is 4.40. The first-order valence-electron chi connectivity index (χ1n) is 6.18. The summed E-state index contributed by atoms with van der Waals surface area (Å²) in [6.07, 6.45) is -2.36. The van der Waals surface area contributed by atoms with Crippen molar-refractivity contribution in [1.82, 2.24) is 4.57 Å². The lowest BCUT2D eigenvalue weighted by molar-refractivity contribution is -0.137. The van der Waals surface area contributed by atoms with Gasteiger partial charge in [0, 0.05) is 29.7 Å². The maximum absolute atomic E-state index is 12.6. The highest BCUT2D eigenvalue weighted by molar-refractivity contribution is 5.96. The highest BCUT2D eigenvalue weighted by Crippen LogP contribution is 2.33. The highest BCUT2D eigenvalue weighted by atomic mass is 19.4. The molecule has 0 aliphatic carbocycles. The van der Waals surface area contributed by atoms with E-state index in [1.54, 1.807) is 0 Å². The number of para-hydroxylation sites is 1. The molecular weight excluding hydrogens is 263 g/mol. The Hall–Kier alpha value is -2.23. The van der Waals surface area contributed by atoms with Gasteiger partial charge in [0.2, 0.25) is 0 Å². The zero-order chi connectivity index (χ0) is 14.3. The Bertz CT molecular complexity index is 751. The number of nitrogens with zero attached hydrogens (tertiary/aromatic N) is 1. The van der Waals surface area contributed by atoms with Crippen molar-refractivity contribution < 1.29 is 13.2 Å².